The number of pyridine rings is 1. The highest BCUT2D eigenvalue weighted by Crippen LogP contribution is 2.51. The molecular formula is C30H19N3O. The molecule has 0 amide bonds. The summed E-state index contributed by atoms with van der Waals surface area (Å²) >= 11 is 0. The molecule has 1 aromatic heterocycles. The largest absolute Gasteiger partial charge is 0.453 e. The summed E-state index contributed by atoms with van der Waals surface area (Å²) in [6, 6.07) is 38.9. The van der Waals surface area contributed by atoms with E-state index in [-0.39, 0.29) is 0 Å². The Morgan fingerprint density at radius 2 is 1.21 bits per heavy atom. The van der Waals surface area contributed by atoms with Crippen LogP contribution in [0, 0.1) is 11.3 Å². The van der Waals surface area contributed by atoms with E-state index in [1.807, 2.05) is 48.5 Å². The molecule has 1 aliphatic heterocycles. The molecule has 0 radical (unpaired) electrons. The van der Waals surface area contributed by atoms with E-state index in [0.29, 0.717) is 5.69 Å². The number of hydrogen-bond acceptors (Lipinski definition) is 4. The molecule has 0 bridgehead atoms. The Morgan fingerprint density at radius 1 is 0.618 bits per heavy atom. The van der Waals surface area contributed by atoms with E-state index in [4.69, 9.17) is 10.00 Å². The van der Waals surface area contributed by atoms with Crippen LogP contribution in [0.3, 0.4) is 0 Å². The molecule has 4 nitrogen and oxygen atoms in total. The SMILES string of the molecule is N#Cc1cc(-c2ccc(-c3ccccc3N3c4ccccc4Oc4ccccc43)cc2)ccn1. The highest BCUT2D eigenvalue weighted by atomic mass is 16.5. The van der Waals surface area contributed by atoms with Crippen LogP contribution in [-0.2, 0) is 0 Å². The molecule has 34 heavy (non-hydrogen) atoms. The first-order chi connectivity index (χ1) is 16.8. The fourth-order valence-electron chi connectivity index (χ4n) is 4.39. The van der Waals surface area contributed by atoms with Crippen LogP contribution >= 0.6 is 0 Å². The molecule has 160 valence electrons. The smallest absolute Gasteiger partial charge is 0.151 e. The van der Waals surface area contributed by atoms with E-state index in [2.05, 4.69) is 76.6 Å². The number of rotatable bonds is 3. The first kappa shape index (κ1) is 19.8. The van der Waals surface area contributed by atoms with Crippen LogP contribution in [0.5, 0.6) is 11.5 Å². The number of nitriles is 1. The summed E-state index contributed by atoms with van der Waals surface area (Å²) in [7, 11) is 0. The van der Waals surface area contributed by atoms with Crippen LogP contribution in [0.25, 0.3) is 22.3 Å². The van der Waals surface area contributed by atoms with Gasteiger partial charge in [0.05, 0.1) is 17.1 Å². The number of ether oxygens (including phenoxy) is 1. The Hall–Kier alpha value is -4.88. The monoisotopic (exact) mass is 437 g/mol. The third kappa shape index (κ3) is 3.37. The van der Waals surface area contributed by atoms with E-state index >= 15 is 0 Å². The zero-order valence-electron chi connectivity index (χ0n) is 18.2. The molecule has 5 aromatic rings. The van der Waals surface area contributed by atoms with Gasteiger partial charge in [0.1, 0.15) is 11.8 Å². The van der Waals surface area contributed by atoms with Gasteiger partial charge in [-0.1, -0.05) is 66.7 Å². The lowest BCUT2D eigenvalue weighted by Crippen LogP contribution is -2.16. The second kappa shape index (κ2) is 8.23. The van der Waals surface area contributed by atoms with Crippen molar-refractivity contribution < 1.29 is 4.74 Å². The van der Waals surface area contributed by atoms with Crippen LogP contribution in [0.1, 0.15) is 5.69 Å². The second-order valence-corrected chi connectivity index (χ2v) is 8.01. The molecule has 6 rings (SSSR count). The van der Waals surface area contributed by atoms with Crippen molar-refractivity contribution in [3.8, 4) is 39.8 Å². The first-order valence-corrected chi connectivity index (χ1v) is 11.0. The molecule has 0 spiro atoms. The van der Waals surface area contributed by atoms with Gasteiger partial charge in [0.25, 0.3) is 0 Å². The normalized spacial score (nSPS) is 11.7. The fourth-order valence-corrected chi connectivity index (χ4v) is 4.39. The minimum Gasteiger partial charge on any atom is -0.453 e. The molecule has 4 heteroatoms. The van der Waals surface area contributed by atoms with Crippen molar-refractivity contribution in [1.82, 2.24) is 4.98 Å². The zero-order valence-corrected chi connectivity index (χ0v) is 18.2. The van der Waals surface area contributed by atoms with E-state index in [9.17, 15) is 0 Å². The van der Waals surface area contributed by atoms with Crippen molar-refractivity contribution >= 4 is 17.1 Å². The summed E-state index contributed by atoms with van der Waals surface area (Å²) < 4.78 is 6.19. The predicted octanol–water partition coefficient (Wildman–Crippen LogP) is 7.86. The molecule has 0 unspecified atom stereocenters. The van der Waals surface area contributed by atoms with Gasteiger partial charge in [-0.05, 0) is 59.2 Å². The number of nitrogens with zero attached hydrogens (tertiary/aromatic N) is 3. The van der Waals surface area contributed by atoms with E-state index in [1.165, 1.54) is 0 Å². The summed E-state index contributed by atoms with van der Waals surface area (Å²) in [5.74, 6) is 1.66. The summed E-state index contributed by atoms with van der Waals surface area (Å²) in [6.07, 6.45) is 1.67. The van der Waals surface area contributed by atoms with Gasteiger partial charge in [0.2, 0.25) is 0 Å². The van der Waals surface area contributed by atoms with Gasteiger partial charge in [-0.15, -0.1) is 0 Å². The van der Waals surface area contributed by atoms with Gasteiger partial charge >= 0.3 is 0 Å². The van der Waals surface area contributed by atoms with Crippen LogP contribution in [0.4, 0.5) is 17.1 Å². The third-order valence-corrected chi connectivity index (χ3v) is 5.98. The van der Waals surface area contributed by atoms with Crippen LogP contribution in [0.15, 0.2) is 115 Å². The predicted molar refractivity (Wildman–Crippen MR) is 135 cm³/mol. The molecule has 0 aliphatic carbocycles. The van der Waals surface area contributed by atoms with Crippen molar-refractivity contribution in [2.45, 2.75) is 0 Å². The molecule has 4 aromatic carbocycles. The average Bonchev–Trinajstić information content (AvgIpc) is 2.92. The number of aromatic nitrogens is 1. The van der Waals surface area contributed by atoms with E-state index < -0.39 is 0 Å². The van der Waals surface area contributed by atoms with Gasteiger partial charge in [-0.3, -0.25) is 0 Å². The van der Waals surface area contributed by atoms with Crippen LogP contribution < -0.4 is 9.64 Å². The van der Waals surface area contributed by atoms with Crippen molar-refractivity contribution in [2.24, 2.45) is 0 Å². The fraction of sp³-hybridized carbons (Fsp3) is 0. The van der Waals surface area contributed by atoms with Gasteiger partial charge in [-0.25, -0.2) is 4.98 Å². The van der Waals surface area contributed by atoms with Gasteiger partial charge < -0.3 is 9.64 Å². The molecule has 1 aliphatic rings. The maximum Gasteiger partial charge on any atom is 0.151 e. The molecular weight excluding hydrogens is 418 g/mol. The molecule has 0 atom stereocenters. The maximum absolute atomic E-state index is 9.17. The Bertz CT molecular complexity index is 1500. The van der Waals surface area contributed by atoms with Gasteiger partial charge in [0, 0.05) is 11.8 Å². The van der Waals surface area contributed by atoms with Crippen molar-refractivity contribution in [2.75, 3.05) is 4.90 Å². The summed E-state index contributed by atoms with van der Waals surface area (Å²) in [4.78, 5) is 6.34. The topological polar surface area (TPSA) is 49.2 Å². The van der Waals surface area contributed by atoms with E-state index in [0.717, 1.165) is 50.8 Å². The standard InChI is InChI=1S/C30H19N3O/c31-20-24-19-23(17-18-32-24)21-13-15-22(16-14-21)25-7-1-2-8-26(25)33-27-9-3-5-11-29(27)34-30-12-6-4-10-28(30)33/h1-19H. The molecule has 0 saturated carbocycles. The lowest BCUT2D eigenvalue weighted by Gasteiger charge is -2.34. The second-order valence-electron chi connectivity index (χ2n) is 8.01. The number of hydrogen-bond donors (Lipinski definition) is 0. The first-order valence-electron chi connectivity index (χ1n) is 11.0. The van der Waals surface area contributed by atoms with Crippen LogP contribution in [0.2, 0.25) is 0 Å². The number of anilines is 3. The Balaban J connectivity index is 1.46. The Kier molecular flexibility index (Phi) is 4.79. The number of fused-ring (bicyclic) bond motifs is 2. The number of benzene rings is 4. The zero-order chi connectivity index (χ0) is 22.9. The summed E-state index contributed by atoms with van der Waals surface area (Å²) in [5.41, 5.74) is 7.75. The quantitative estimate of drug-likeness (QED) is 0.283. The minimum atomic E-state index is 0.413. The van der Waals surface area contributed by atoms with Crippen LogP contribution in [-0.4, -0.2) is 4.98 Å². The molecule has 0 N–H and O–H groups in total. The molecule has 2 heterocycles. The van der Waals surface area contributed by atoms with E-state index in [1.54, 1.807) is 6.20 Å². The summed E-state index contributed by atoms with van der Waals surface area (Å²) in [5, 5.41) is 9.17. The minimum absolute atomic E-state index is 0.413. The molecule has 0 saturated heterocycles. The maximum atomic E-state index is 9.17. The van der Waals surface area contributed by atoms with Gasteiger partial charge in [0.15, 0.2) is 11.5 Å². The third-order valence-electron chi connectivity index (χ3n) is 5.98. The average molecular weight is 438 g/mol. The van der Waals surface area contributed by atoms with Crippen molar-refractivity contribution in [3.05, 3.63) is 121 Å². The van der Waals surface area contributed by atoms with Gasteiger partial charge in [-0.2, -0.15) is 5.26 Å². The highest BCUT2D eigenvalue weighted by molar-refractivity contribution is 5.93. The summed E-state index contributed by atoms with van der Waals surface area (Å²) in [6.45, 7) is 0. The lowest BCUT2D eigenvalue weighted by atomic mass is 9.98. The Labute approximate surface area is 198 Å². The Morgan fingerprint density at radius 3 is 1.88 bits per heavy atom. The van der Waals surface area contributed by atoms with Crippen molar-refractivity contribution in [3.63, 3.8) is 0 Å². The number of para-hydroxylation sites is 5. The lowest BCUT2D eigenvalue weighted by molar-refractivity contribution is 0.477. The highest BCUT2D eigenvalue weighted by Gasteiger charge is 2.26. The van der Waals surface area contributed by atoms with Crippen molar-refractivity contribution in [1.29, 1.82) is 5.26 Å². The molecule has 0 fully saturated rings.